The lowest BCUT2D eigenvalue weighted by atomic mass is 9.76. The topological polar surface area (TPSA) is 55.1 Å². The molecule has 0 aliphatic heterocycles. The third-order valence-corrected chi connectivity index (χ3v) is 4.05. The van der Waals surface area contributed by atoms with E-state index < -0.39 is 0 Å². The Hall–Kier alpha value is -0.570. The molecule has 3 N–H and O–H groups in total. The van der Waals surface area contributed by atoms with Crippen LogP contribution in [0.3, 0.4) is 0 Å². The summed E-state index contributed by atoms with van der Waals surface area (Å²) in [4.78, 5) is 12.0. The van der Waals surface area contributed by atoms with Gasteiger partial charge in [0.2, 0.25) is 5.91 Å². The summed E-state index contributed by atoms with van der Waals surface area (Å²) in [6, 6.07) is 0.301. The maximum atomic E-state index is 12.0. The van der Waals surface area contributed by atoms with Gasteiger partial charge < -0.3 is 11.1 Å². The summed E-state index contributed by atoms with van der Waals surface area (Å²) in [6.07, 6.45) is 3.54. The summed E-state index contributed by atoms with van der Waals surface area (Å²) in [7, 11) is 0. The van der Waals surface area contributed by atoms with E-state index in [1.54, 1.807) is 0 Å². The van der Waals surface area contributed by atoms with E-state index in [4.69, 9.17) is 5.73 Å². The molecule has 0 aliphatic rings. The highest BCUT2D eigenvalue weighted by Gasteiger charge is 2.24. The SMILES string of the molecule is CCC(NC(=O)CCC(CCN)C(C)(C)C)C(C)C. The molecule has 0 aliphatic carbocycles. The van der Waals surface area contributed by atoms with Crippen molar-refractivity contribution in [2.75, 3.05) is 6.54 Å². The average molecular weight is 270 g/mol. The highest BCUT2D eigenvalue weighted by atomic mass is 16.1. The van der Waals surface area contributed by atoms with E-state index in [2.05, 4.69) is 46.9 Å². The molecule has 3 heteroatoms. The van der Waals surface area contributed by atoms with Gasteiger partial charge >= 0.3 is 0 Å². The standard InChI is InChI=1S/C16H34N2O/c1-7-14(12(2)3)18-15(19)9-8-13(10-11-17)16(4,5)6/h12-14H,7-11,17H2,1-6H3,(H,18,19). The van der Waals surface area contributed by atoms with Gasteiger partial charge in [0.1, 0.15) is 0 Å². The van der Waals surface area contributed by atoms with Gasteiger partial charge in [0.15, 0.2) is 0 Å². The largest absolute Gasteiger partial charge is 0.353 e. The van der Waals surface area contributed by atoms with Crippen molar-refractivity contribution in [3.63, 3.8) is 0 Å². The molecule has 3 nitrogen and oxygen atoms in total. The molecule has 0 rings (SSSR count). The molecule has 0 radical (unpaired) electrons. The van der Waals surface area contributed by atoms with Gasteiger partial charge in [0.05, 0.1) is 0 Å². The van der Waals surface area contributed by atoms with Crippen LogP contribution in [0.25, 0.3) is 0 Å². The first kappa shape index (κ1) is 18.4. The van der Waals surface area contributed by atoms with E-state index in [0.717, 1.165) is 19.3 Å². The van der Waals surface area contributed by atoms with Crippen molar-refractivity contribution in [3.8, 4) is 0 Å². The van der Waals surface area contributed by atoms with Crippen LogP contribution in [0.4, 0.5) is 0 Å². The van der Waals surface area contributed by atoms with Gasteiger partial charge in [-0.15, -0.1) is 0 Å². The summed E-state index contributed by atoms with van der Waals surface area (Å²) in [6.45, 7) is 13.8. The van der Waals surface area contributed by atoms with Gasteiger partial charge in [0, 0.05) is 12.5 Å². The smallest absolute Gasteiger partial charge is 0.220 e. The zero-order valence-corrected chi connectivity index (χ0v) is 13.8. The number of amides is 1. The monoisotopic (exact) mass is 270 g/mol. The maximum absolute atomic E-state index is 12.0. The molecule has 0 bridgehead atoms. The molecule has 0 fully saturated rings. The van der Waals surface area contributed by atoms with Crippen molar-refractivity contribution in [1.82, 2.24) is 5.32 Å². The van der Waals surface area contributed by atoms with Crippen molar-refractivity contribution in [3.05, 3.63) is 0 Å². The molecule has 0 aromatic heterocycles. The normalized spacial score (nSPS) is 15.4. The summed E-state index contributed by atoms with van der Waals surface area (Å²) in [5.41, 5.74) is 5.90. The Morgan fingerprint density at radius 2 is 1.79 bits per heavy atom. The van der Waals surface area contributed by atoms with Crippen molar-refractivity contribution in [2.45, 2.75) is 73.3 Å². The molecule has 114 valence electrons. The molecule has 0 aromatic carbocycles. The zero-order valence-electron chi connectivity index (χ0n) is 13.8. The first-order valence-corrected chi connectivity index (χ1v) is 7.71. The highest BCUT2D eigenvalue weighted by Crippen LogP contribution is 2.32. The van der Waals surface area contributed by atoms with E-state index in [-0.39, 0.29) is 11.3 Å². The molecule has 2 unspecified atom stereocenters. The van der Waals surface area contributed by atoms with Crippen LogP contribution >= 0.6 is 0 Å². The van der Waals surface area contributed by atoms with E-state index in [1.165, 1.54) is 0 Å². The average Bonchev–Trinajstić information content (AvgIpc) is 2.29. The Morgan fingerprint density at radius 1 is 1.21 bits per heavy atom. The number of rotatable bonds is 8. The van der Waals surface area contributed by atoms with E-state index in [9.17, 15) is 4.79 Å². The number of hydrogen-bond acceptors (Lipinski definition) is 2. The molecule has 2 atom stereocenters. The molecule has 0 saturated heterocycles. The predicted molar refractivity (Wildman–Crippen MR) is 82.9 cm³/mol. The minimum absolute atomic E-state index is 0.187. The van der Waals surface area contributed by atoms with Crippen LogP contribution in [0.1, 0.15) is 67.2 Å². The summed E-state index contributed by atoms with van der Waals surface area (Å²) in [5, 5.41) is 3.14. The summed E-state index contributed by atoms with van der Waals surface area (Å²) >= 11 is 0. The highest BCUT2D eigenvalue weighted by molar-refractivity contribution is 5.76. The number of carbonyl (C=O) groups excluding carboxylic acids is 1. The fourth-order valence-corrected chi connectivity index (χ4v) is 2.54. The number of carbonyl (C=O) groups is 1. The molecular weight excluding hydrogens is 236 g/mol. The molecule has 19 heavy (non-hydrogen) atoms. The van der Waals surface area contributed by atoms with Crippen LogP contribution in [-0.2, 0) is 4.79 Å². The molecule has 0 aromatic rings. The lowest BCUT2D eigenvalue weighted by Crippen LogP contribution is -2.38. The third-order valence-electron chi connectivity index (χ3n) is 4.05. The molecule has 0 heterocycles. The van der Waals surface area contributed by atoms with Crippen LogP contribution in [0.5, 0.6) is 0 Å². The minimum Gasteiger partial charge on any atom is -0.353 e. The van der Waals surface area contributed by atoms with Crippen molar-refractivity contribution >= 4 is 5.91 Å². The van der Waals surface area contributed by atoms with Crippen LogP contribution in [0.2, 0.25) is 0 Å². The number of nitrogens with two attached hydrogens (primary N) is 1. The van der Waals surface area contributed by atoms with Crippen molar-refractivity contribution < 1.29 is 4.79 Å². The van der Waals surface area contributed by atoms with Gasteiger partial charge in [0.25, 0.3) is 0 Å². The lowest BCUT2D eigenvalue weighted by molar-refractivity contribution is -0.122. The second-order valence-electron chi connectivity index (χ2n) is 7.01. The molecular formula is C16H34N2O. The second-order valence-corrected chi connectivity index (χ2v) is 7.01. The summed E-state index contributed by atoms with van der Waals surface area (Å²) < 4.78 is 0. The number of nitrogens with one attached hydrogen (secondary N) is 1. The van der Waals surface area contributed by atoms with Gasteiger partial charge in [-0.3, -0.25) is 4.79 Å². The van der Waals surface area contributed by atoms with E-state index >= 15 is 0 Å². The Morgan fingerprint density at radius 3 is 2.16 bits per heavy atom. The van der Waals surface area contributed by atoms with Crippen molar-refractivity contribution in [2.24, 2.45) is 23.0 Å². The van der Waals surface area contributed by atoms with Crippen LogP contribution in [0.15, 0.2) is 0 Å². The Balaban J connectivity index is 4.26. The Kier molecular flexibility index (Phi) is 8.31. The quantitative estimate of drug-likeness (QED) is 0.711. The third kappa shape index (κ3) is 7.56. The van der Waals surface area contributed by atoms with Gasteiger partial charge in [-0.05, 0) is 43.1 Å². The van der Waals surface area contributed by atoms with E-state index in [1.807, 2.05) is 0 Å². The fourth-order valence-electron chi connectivity index (χ4n) is 2.54. The Labute approximate surface area is 119 Å². The van der Waals surface area contributed by atoms with Gasteiger partial charge in [-0.2, -0.15) is 0 Å². The van der Waals surface area contributed by atoms with E-state index in [0.29, 0.717) is 30.8 Å². The van der Waals surface area contributed by atoms with Gasteiger partial charge in [-0.1, -0.05) is 41.5 Å². The van der Waals surface area contributed by atoms with Gasteiger partial charge in [-0.25, -0.2) is 0 Å². The first-order valence-electron chi connectivity index (χ1n) is 7.71. The molecule has 1 amide bonds. The van der Waals surface area contributed by atoms with Crippen LogP contribution < -0.4 is 11.1 Å². The first-order chi connectivity index (χ1) is 8.72. The second kappa shape index (κ2) is 8.57. The van der Waals surface area contributed by atoms with Crippen LogP contribution in [0, 0.1) is 17.3 Å². The maximum Gasteiger partial charge on any atom is 0.220 e. The van der Waals surface area contributed by atoms with Crippen molar-refractivity contribution in [1.29, 1.82) is 0 Å². The summed E-state index contributed by atoms with van der Waals surface area (Å²) in [5.74, 6) is 1.20. The number of hydrogen-bond donors (Lipinski definition) is 2. The molecule has 0 saturated carbocycles. The lowest BCUT2D eigenvalue weighted by Gasteiger charge is -2.30. The predicted octanol–water partition coefficient (Wildman–Crippen LogP) is 3.33. The zero-order chi connectivity index (χ0) is 15.1. The molecule has 0 spiro atoms. The minimum atomic E-state index is 0.187. The Bertz CT molecular complexity index is 256. The van der Waals surface area contributed by atoms with Crippen LogP contribution in [-0.4, -0.2) is 18.5 Å². The fraction of sp³-hybridized carbons (Fsp3) is 0.938.